The molecule has 1 heterocycles. The highest BCUT2D eigenvalue weighted by Gasteiger charge is 2.34. The van der Waals surface area contributed by atoms with Crippen LogP contribution in [0.15, 0.2) is 0 Å². The Morgan fingerprint density at radius 1 is 1.16 bits per heavy atom. The Bertz CT molecular complexity index is 277. The molecule has 0 aromatic rings. The van der Waals surface area contributed by atoms with E-state index in [1.54, 1.807) is 0 Å². The molecule has 0 radical (unpaired) electrons. The van der Waals surface area contributed by atoms with Gasteiger partial charge in [-0.1, -0.05) is 26.7 Å². The van der Waals surface area contributed by atoms with Gasteiger partial charge in [-0.2, -0.15) is 0 Å². The molecule has 2 aliphatic rings. The fourth-order valence-corrected chi connectivity index (χ4v) is 3.24. The highest BCUT2D eigenvalue weighted by Crippen LogP contribution is 2.20. The van der Waals surface area contributed by atoms with Gasteiger partial charge in [0.2, 0.25) is 0 Å². The van der Waals surface area contributed by atoms with E-state index in [1.807, 2.05) is 4.90 Å². The second kappa shape index (κ2) is 7.13. The van der Waals surface area contributed by atoms with E-state index in [4.69, 9.17) is 0 Å². The molecule has 1 aliphatic heterocycles. The summed E-state index contributed by atoms with van der Waals surface area (Å²) < 4.78 is 0. The van der Waals surface area contributed by atoms with Crippen molar-refractivity contribution in [3.63, 3.8) is 0 Å². The van der Waals surface area contributed by atoms with E-state index in [0.29, 0.717) is 12.1 Å². The predicted octanol–water partition coefficient (Wildman–Crippen LogP) is 2.44. The van der Waals surface area contributed by atoms with Crippen LogP contribution in [-0.2, 0) is 0 Å². The van der Waals surface area contributed by atoms with E-state index in [9.17, 15) is 4.79 Å². The third-order valence-corrected chi connectivity index (χ3v) is 4.37. The minimum Gasteiger partial charge on any atom is -0.335 e. The molecule has 0 bridgehead atoms. The molecule has 19 heavy (non-hydrogen) atoms. The number of urea groups is 1. The third kappa shape index (κ3) is 3.85. The Morgan fingerprint density at radius 2 is 1.74 bits per heavy atom. The van der Waals surface area contributed by atoms with Crippen LogP contribution in [0.4, 0.5) is 4.79 Å². The lowest BCUT2D eigenvalue weighted by molar-refractivity contribution is 0.0555. The van der Waals surface area contributed by atoms with Gasteiger partial charge in [-0.05, 0) is 38.8 Å². The van der Waals surface area contributed by atoms with Crippen molar-refractivity contribution in [3.05, 3.63) is 0 Å². The van der Waals surface area contributed by atoms with Crippen LogP contribution in [0.25, 0.3) is 0 Å². The van der Waals surface area contributed by atoms with Crippen LogP contribution < -0.4 is 5.32 Å². The second-order valence-electron chi connectivity index (χ2n) is 6.03. The molecule has 110 valence electrons. The van der Waals surface area contributed by atoms with E-state index in [1.165, 1.54) is 38.5 Å². The molecule has 0 atom stereocenters. The smallest absolute Gasteiger partial charge is 0.317 e. The number of hydrogen-bond acceptors (Lipinski definition) is 2. The van der Waals surface area contributed by atoms with Crippen LogP contribution in [0.1, 0.15) is 52.4 Å². The molecule has 4 heteroatoms. The van der Waals surface area contributed by atoms with Gasteiger partial charge in [0.05, 0.1) is 0 Å². The Balaban J connectivity index is 1.70. The van der Waals surface area contributed by atoms with Crippen molar-refractivity contribution in [2.45, 2.75) is 64.5 Å². The number of likely N-dealkylation sites (tertiary alicyclic amines) is 1. The first-order chi connectivity index (χ1) is 9.24. The third-order valence-electron chi connectivity index (χ3n) is 4.37. The summed E-state index contributed by atoms with van der Waals surface area (Å²) in [7, 11) is 0. The lowest BCUT2D eigenvalue weighted by atomic mass is 10.1. The summed E-state index contributed by atoms with van der Waals surface area (Å²) >= 11 is 0. The summed E-state index contributed by atoms with van der Waals surface area (Å²) in [6.45, 7) is 8.61. The number of nitrogens with one attached hydrogen (secondary N) is 1. The average Bonchev–Trinajstić information content (AvgIpc) is 2.80. The molecular formula is C15H29N3O. The molecule has 4 nitrogen and oxygen atoms in total. The first-order valence-corrected chi connectivity index (χ1v) is 8.04. The highest BCUT2D eigenvalue weighted by molar-refractivity contribution is 5.75. The topological polar surface area (TPSA) is 35.6 Å². The van der Waals surface area contributed by atoms with Crippen molar-refractivity contribution >= 4 is 6.03 Å². The van der Waals surface area contributed by atoms with E-state index in [0.717, 1.165) is 26.2 Å². The van der Waals surface area contributed by atoms with Crippen molar-refractivity contribution in [2.24, 2.45) is 0 Å². The number of rotatable bonds is 6. The number of carbonyl (C=O) groups is 1. The highest BCUT2D eigenvalue weighted by atomic mass is 16.2. The summed E-state index contributed by atoms with van der Waals surface area (Å²) in [6.07, 6.45) is 7.28. The van der Waals surface area contributed by atoms with Gasteiger partial charge >= 0.3 is 6.03 Å². The minimum absolute atomic E-state index is 0.163. The Labute approximate surface area is 117 Å². The molecule has 0 aromatic carbocycles. The predicted molar refractivity (Wildman–Crippen MR) is 78.3 cm³/mol. The Kier molecular flexibility index (Phi) is 5.49. The fraction of sp³-hybridized carbons (Fsp3) is 0.933. The summed E-state index contributed by atoms with van der Waals surface area (Å²) in [6, 6.07) is 1.19. The molecule has 0 aromatic heterocycles. The van der Waals surface area contributed by atoms with Crippen LogP contribution in [0, 0.1) is 0 Å². The van der Waals surface area contributed by atoms with E-state index >= 15 is 0 Å². The van der Waals surface area contributed by atoms with Crippen LogP contribution >= 0.6 is 0 Å². The van der Waals surface area contributed by atoms with Gasteiger partial charge in [0.15, 0.2) is 0 Å². The summed E-state index contributed by atoms with van der Waals surface area (Å²) in [5.74, 6) is 0. The van der Waals surface area contributed by atoms with Crippen molar-refractivity contribution in [1.29, 1.82) is 0 Å². The summed E-state index contributed by atoms with van der Waals surface area (Å²) in [5.41, 5.74) is 0. The van der Waals surface area contributed by atoms with E-state index in [2.05, 4.69) is 24.1 Å². The van der Waals surface area contributed by atoms with Crippen LogP contribution in [0.5, 0.6) is 0 Å². The minimum atomic E-state index is 0.163. The fourth-order valence-electron chi connectivity index (χ4n) is 3.24. The summed E-state index contributed by atoms with van der Waals surface area (Å²) in [4.78, 5) is 16.6. The molecule has 2 amide bonds. The SMILES string of the molecule is CCCN(CCC)C1CN(C(=O)NC2CCCC2)C1. The molecule has 2 rings (SSSR count). The normalized spacial score (nSPS) is 20.9. The van der Waals surface area contributed by atoms with Crippen LogP contribution in [-0.4, -0.2) is 54.1 Å². The number of hydrogen-bond donors (Lipinski definition) is 1. The maximum atomic E-state index is 12.1. The average molecular weight is 267 g/mol. The molecule has 0 unspecified atom stereocenters. The zero-order valence-electron chi connectivity index (χ0n) is 12.5. The van der Waals surface area contributed by atoms with Gasteiger partial charge in [0.1, 0.15) is 0 Å². The standard InChI is InChI=1S/C15H29N3O/c1-3-9-17(10-4-2)14-11-18(12-14)15(19)16-13-7-5-6-8-13/h13-14H,3-12H2,1-2H3,(H,16,19). The van der Waals surface area contributed by atoms with Crippen molar-refractivity contribution in [1.82, 2.24) is 15.1 Å². The van der Waals surface area contributed by atoms with Crippen LogP contribution in [0.3, 0.4) is 0 Å². The van der Waals surface area contributed by atoms with Gasteiger partial charge in [-0.15, -0.1) is 0 Å². The Hall–Kier alpha value is -0.770. The molecule has 1 saturated carbocycles. The zero-order chi connectivity index (χ0) is 13.7. The lowest BCUT2D eigenvalue weighted by Crippen LogP contribution is -2.63. The van der Waals surface area contributed by atoms with E-state index < -0.39 is 0 Å². The Morgan fingerprint density at radius 3 is 2.26 bits per heavy atom. The number of amides is 2. The quantitative estimate of drug-likeness (QED) is 0.802. The monoisotopic (exact) mass is 267 g/mol. The van der Waals surface area contributed by atoms with Crippen molar-refractivity contribution in [3.8, 4) is 0 Å². The molecule has 2 fully saturated rings. The second-order valence-corrected chi connectivity index (χ2v) is 6.03. The number of nitrogens with zero attached hydrogens (tertiary/aromatic N) is 2. The van der Waals surface area contributed by atoms with Crippen LogP contribution in [0.2, 0.25) is 0 Å². The lowest BCUT2D eigenvalue weighted by Gasteiger charge is -2.45. The zero-order valence-corrected chi connectivity index (χ0v) is 12.5. The van der Waals surface area contributed by atoms with Gasteiger partial charge in [0, 0.05) is 25.2 Å². The molecule has 1 saturated heterocycles. The van der Waals surface area contributed by atoms with Gasteiger partial charge in [0.25, 0.3) is 0 Å². The maximum Gasteiger partial charge on any atom is 0.317 e. The van der Waals surface area contributed by atoms with E-state index in [-0.39, 0.29) is 6.03 Å². The molecular weight excluding hydrogens is 238 g/mol. The van der Waals surface area contributed by atoms with Gasteiger partial charge < -0.3 is 10.2 Å². The molecule has 0 spiro atoms. The summed E-state index contributed by atoms with van der Waals surface area (Å²) in [5, 5.41) is 3.17. The molecule has 1 N–H and O–H groups in total. The first-order valence-electron chi connectivity index (χ1n) is 8.04. The first kappa shape index (κ1) is 14.6. The van der Waals surface area contributed by atoms with Gasteiger partial charge in [-0.3, -0.25) is 4.90 Å². The maximum absolute atomic E-state index is 12.1. The van der Waals surface area contributed by atoms with Crippen molar-refractivity contribution < 1.29 is 4.79 Å². The number of carbonyl (C=O) groups excluding carboxylic acids is 1. The van der Waals surface area contributed by atoms with Crippen molar-refractivity contribution in [2.75, 3.05) is 26.2 Å². The molecule has 1 aliphatic carbocycles. The van der Waals surface area contributed by atoms with Gasteiger partial charge in [-0.25, -0.2) is 4.79 Å². The largest absolute Gasteiger partial charge is 0.335 e.